The average Bonchev–Trinajstić information content (AvgIpc) is 2.60. The second-order valence-corrected chi connectivity index (χ2v) is 5.65. The summed E-state index contributed by atoms with van der Waals surface area (Å²) in [5, 5.41) is 23.7. The molecule has 130 valence electrons. The van der Waals surface area contributed by atoms with E-state index < -0.39 is 16.8 Å². The normalized spacial score (nSPS) is 17.0. The van der Waals surface area contributed by atoms with Gasteiger partial charge in [0, 0.05) is 29.3 Å². The number of carbonyl (C=O) groups is 1. The molecule has 1 aromatic rings. The van der Waals surface area contributed by atoms with Crippen LogP contribution in [0.15, 0.2) is 46.8 Å². The van der Waals surface area contributed by atoms with Crippen molar-refractivity contribution >= 4 is 24.3 Å². The van der Waals surface area contributed by atoms with Crippen LogP contribution in [0, 0.1) is 21.4 Å². The average molecular weight is 359 g/mol. The molecule has 0 fully saturated rings. The smallest absolute Gasteiger partial charge is 0.336 e. The molecule has 1 aliphatic rings. The molecule has 1 heterocycles. The molecule has 25 heavy (non-hydrogen) atoms. The van der Waals surface area contributed by atoms with E-state index in [1.165, 1.54) is 18.2 Å². The molecule has 1 unspecified atom stereocenters. The Morgan fingerprint density at radius 3 is 2.80 bits per heavy atom. The summed E-state index contributed by atoms with van der Waals surface area (Å²) in [6, 6.07) is 8.02. The van der Waals surface area contributed by atoms with E-state index in [1.807, 2.05) is 0 Å². The first-order chi connectivity index (χ1) is 11.9. The number of nitrogens with one attached hydrogen (secondary N) is 1. The molecular formula is C17H17N3O4S. The number of nitro benzene ring substituents is 1. The second-order valence-electron chi connectivity index (χ2n) is 5.33. The number of carbonyl (C=O) groups excluding carboxylic acids is 1. The van der Waals surface area contributed by atoms with Crippen molar-refractivity contribution in [3.05, 3.63) is 62.5 Å². The number of esters is 1. The van der Waals surface area contributed by atoms with Crippen molar-refractivity contribution in [2.75, 3.05) is 12.4 Å². The molecule has 0 aliphatic carbocycles. The van der Waals surface area contributed by atoms with Gasteiger partial charge in [-0.15, -0.1) is 0 Å². The molecule has 1 N–H and O–H groups in total. The minimum absolute atomic E-state index is 0.110. The third-order valence-corrected chi connectivity index (χ3v) is 4.15. The number of dihydropyridines is 1. The molecule has 1 atom stereocenters. The van der Waals surface area contributed by atoms with Crippen LogP contribution in [-0.4, -0.2) is 23.3 Å². The van der Waals surface area contributed by atoms with Gasteiger partial charge >= 0.3 is 5.97 Å². The van der Waals surface area contributed by atoms with Crippen molar-refractivity contribution in [1.82, 2.24) is 5.32 Å². The Kier molecular flexibility index (Phi) is 5.83. The zero-order valence-electron chi connectivity index (χ0n) is 13.8. The van der Waals surface area contributed by atoms with E-state index in [2.05, 4.69) is 24.0 Å². The van der Waals surface area contributed by atoms with E-state index in [0.29, 0.717) is 22.5 Å². The fraction of sp³-hybridized carbons (Fsp3) is 0.294. The number of hydrogen-bond donors (Lipinski definition) is 2. The Bertz CT molecular complexity index is 823. The summed E-state index contributed by atoms with van der Waals surface area (Å²) in [5.74, 6) is -1.08. The third kappa shape index (κ3) is 3.67. The van der Waals surface area contributed by atoms with Crippen LogP contribution in [0.5, 0.6) is 0 Å². The highest BCUT2D eigenvalue weighted by Gasteiger charge is 2.35. The van der Waals surface area contributed by atoms with Crippen LogP contribution in [0.2, 0.25) is 0 Å². The Hall–Kier alpha value is -2.79. The molecule has 0 spiro atoms. The van der Waals surface area contributed by atoms with Crippen LogP contribution in [-0.2, 0) is 9.53 Å². The number of allylic oxidation sites excluding steroid dienone is 2. The standard InChI is InChI=1S/C17H17N3O4S/c1-3-24-17(21)16-14(9-25)19-10(2)13(8-18)15(16)11-5-4-6-12(7-11)20(22)23/h4-7,15,19,25H,3,9H2,1-2H3. The lowest BCUT2D eigenvalue weighted by Crippen LogP contribution is -2.30. The Balaban J connectivity index is 2.69. The summed E-state index contributed by atoms with van der Waals surface area (Å²) in [7, 11) is 0. The summed E-state index contributed by atoms with van der Waals surface area (Å²) >= 11 is 4.25. The molecule has 0 amide bonds. The van der Waals surface area contributed by atoms with Crippen LogP contribution < -0.4 is 5.32 Å². The van der Waals surface area contributed by atoms with Crippen LogP contribution in [0.3, 0.4) is 0 Å². The fourth-order valence-electron chi connectivity index (χ4n) is 2.77. The molecule has 1 aliphatic heterocycles. The summed E-state index contributed by atoms with van der Waals surface area (Å²) < 4.78 is 5.13. The highest BCUT2D eigenvalue weighted by molar-refractivity contribution is 7.80. The molecule has 2 rings (SSSR count). The van der Waals surface area contributed by atoms with E-state index in [9.17, 15) is 20.2 Å². The number of non-ortho nitro benzene ring substituents is 1. The van der Waals surface area contributed by atoms with Gasteiger partial charge < -0.3 is 10.1 Å². The van der Waals surface area contributed by atoms with Gasteiger partial charge in [0.15, 0.2) is 0 Å². The van der Waals surface area contributed by atoms with Gasteiger partial charge in [-0.05, 0) is 19.4 Å². The summed E-state index contributed by atoms with van der Waals surface area (Å²) in [6.07, 6.45) is 0. The number of nitrogens with zero attached hydrogens (tertiary/aromatic N) is 2. The Morgan fingerprint density at radius 2 is 2.24 bits per heavy atom. The Morgan fingerprint density at radius 1 is 1.52 bits per heavy atom. The van der Waals surface area contributed by atoms with Crippen LogP contribution in [0.1, 0.15) is 25.3 Å². The number of hydrogen-bond acceptors (Lipinski definition) is 7. The summed E-state index contributed by atoms with van der Waals surface area (Å²) in [5.41, 5.74) is 2.04. The molecule has 0 saturated heterocycles. The molecular weight excluding hydrogens is 342 g/mol. The van der Waals surface area contributed by atoms with Gasteiger partial charge in [0.1, 0.15) is 0 Å². The molecule has 1 aromatic carbocycles. The summed E-state index contributed by atoms with van der Waals surface area (Å²) in [4.78, 5) is 23.1. The zero-order chi connectivity index (χ0) is 18.6. The predicted octanol–water partition coefficient (Wildman–Crippen LogP) is 2.83. The van der Waals surface area contributed by atoms with Crippen molar-refractivity contribution in [3.8, 4) is 6.07 Å². The van der Waals surface area contributed by atoms with Gasteiger partial charge in [0.2, 0.25) is 0 Å². The van der Waals surface area contributed by atoms with E-state index >= 15 is 0 Å². The zero-order valence-corrected chi connectivity index (χ0v) is 14.7. The number of thiol groups is 1. The predicted molar refractivity (Wildman–Crippen MR) is 94.8 cm³/mol. The van der Waals surface area contributed by atoms with Crippen molar-refractivity contribution in [2.45, 2.75) is 19.8 Å². The van der Waals surface area contributed by atoms with E-state index in [1.54, 1.807) is 19.9 Å². The van der Waals surface area contributed by atoms with Crippen molar-refractivity contribution < 1.29 is 14.5 Å². The van der Waals surface area contributed by atoms with Gasteiger partial charge in [-0.1, -0.05) is 12.1 Å². The third-order valence-electron chi connectivity index (χ3n) is 3.83. The number of nitro groups is 1. The van der Waals surface area contributed by atoms with Gasteiger partial charge in [-0.2, -0.15) is 17.9 Å². The van der Waals surface area contributed by atoms with Crippen LogP contribution >= 0.6 is 12.6 Å². The largest absolute Gasteiger partial charge is 0.463 e. The molecule has 0 aromatic heterocycles. The first-order valence-corrected chi connectivity index (χ1v) is 8.21. The van der Waals surface area contributed by atoms with Gasteiger partial charge in [0.25, 0.3) is 5.69 Å². The minimum Gasteiger partial charge on any atom is -0.463 e. The van der Waals surface area contributed by atoms with Gasteiger partial charge in [0.05, 0.1) is 34.7 Å². The molecule has 8 heteroatoms. The number of ether oxygens (including phenoxy) is 1. The summed E-state index contributed by atoms with van der Waals surface area (Å²) in [6.45, 7) is 3.58. The van der Waals surface area contributed by atoms with E-state index in [-0.39, 0.29) is 23.6 Å². The minimum atomic E-state index is -0.743. The van der Waals surface area contributed by atoms with Crippen molar-refractivity contribution in [3.63, 3.8) is 0 Å². The van der Waals surface area contributed by atoms with E-state index in [0.717, 1.165) is 0 Å². The lowest BCUT2D eigenvalue weighted by molar-refractivity contribution is -0.384. The molecule has 0 radical (unpaired) electrons. The fourth-order valence-corrected chi connectivity index (χ4v) is 3.02. The van der Waals surface area contributed by atoms with Gasteiger partial charge in [-0.25, -0.2) is 4.79 Å². The van der Waals surface area contributed by atoms with Crippen LogP contribution in [0.25, 0.3) is 0 Å². The number of nitriles is 1. The van der Waals surface area contributed by atoms with Crippen molar-refractivity contribution in [2.24, 2.45) is 0 Å². The highest BCUT2D eigenvalue weighted by Crippen LogP contribution is 2.39. The second kappa shape index (κ2) is 7.85. The maximum absolute atomic E-state index is 12.5. The van der Waals surface area contributed by atoms with Crippen molar-refractivity contribution in [1.29, 1.82) is 5.26 Å². The highest BCUT2D eigenvalue weighted by atomic mass is 32.1. The van der Waals surface area contributed by atoms with Crippen LogP contribution in [0.4, 0.5) is 5.69 Å². The molecule has 7 nitrogen and oxygen atoms in total. The maximum atomic E-state index is 12.5. The van der Waals surface area contributed by atoms with E-state index in [4.69, 9.17) is 4.74 Å². The number of benzene rings is 1. The van der Waals surface area contributed by atoms with Gasteiger partial charge in [-0.3, -0.25) is 10.1 Å². The Labute approximate surface area is 150 Å². The first kappa shape index (κ1) is 18.5. The lowest BCUT2D eigenvalue weighted by Gasteiger charge is -2.29. The monoisotopic (exact) mass is 359 g/mol. The SMILES string of the molecule is CCOC(=O)C1=C(CS)NC(C)=C(C#N)C1c1cccc([N+](=O)[O-])c1. The maximum Gasteiger partial charge on any atom is 0.336 e. The first-order valence-electron chi connectivity index (χ1n) is 7.57. The molecule has 0 saturated carbocycles. The quantitative estimate of drug-likeness (QED) is 0.362. The number of rotatable bonds is 5. The molecule has 0 bridgehead atoms. The lowest BCUT2D eigenvalue weighted by atomic mass is 9.81. The topological polar surface area (TPSA) is 105 Å².